The normalized spacial score (nSPS) is 12.9. The molecule has 0 unspecified atom stereocenters. The first kappa shape index (κ1) is 21.3. The minimum Gasteiger partial charge on any atom is -0.465 e. The highest BCUT2D eigenvalue weighted by molar-refractivity contribution is 6.45. The highest BCUT2D eigenvalue weighted by Crippen LogP contribution is 2.25. The number of halogens is 1. The third-order valence-electron chi connectivity index (χ3n) is 4.96. The Labute approximate surface area is 187 Å². The van der Waals surface area contributed by atoms with Gasteiger partial charge in [0.15, 0.2) is 0 Å². The van der Waals surface area contributed by atoms with Gasteiger partial charge in [-0.3, -0.25) is 9.59 Å². The van der Waals surface area contributed by atoms with E-state index >= 15 is 0 Å². The Kier molecular flexibility index (Phi) is 5.79. The summed E-state index contributed by atoms with van der Waals surface area (Å²) in [6, 6.07) is 11.9. The van der Waals surface area contributed by atoms with Crippen molar-refractivity contribution < 1.29 is 28.7 Å². The van der Waals surface area contributed by atoms with Gasteiger partial charge in [0.2, 0.25) is 0 Å². The Morgan fingerprint density at radius 2 is 1.91 bits per heavy atom. The number of nitrogens with zero attached hydrogens (tertiary/aromatic N) is 1. The molecule has 0 saturated heterocycles. The van der Waals surface area contributed by atoms with Crippen LogP contribution in [0.5, 0.6) is 0 Å². The number of nitrogens with one attached hydrogen (secondary N) is 1. The second-order valence-corrected chi connectivity index (χ2v) is 7.52. The molecule has 0 fully saturated rings. The first-order valence-corrected chi connectivity index (χ1v) is 9.92. The third-order valence-corrected chi connectivity index (χ3v) is 5.21. The van der Waals surface area contributed by atoms with Crippen LogP contribution in [0.4, 0.5) is 0 Å². The number of aromatic nitrogens is 1. The number of carbonyl (C=O) groups excluding carboxylic acids is 4. The zero-order valence-corrected chi connectivity index (χ0v) is 17.6. The van der Waals surface area contributed by atoms with Crippen LogP contribution in [0.1, 0.15) is 26.3 Å². The SMILES string of the molecule is COC(=O)c1ccc2c(C(=O)C(=O)NC3=CC(=O)OC3)cn(Cc3ccc(Cl)cc3)c2c1. The van der Waals surface area contributed by atoms with E-state index in [2.05, 4.69) is 5.32 Å². The number of hydrogen-bond donors (Lipinski definition) is 1. The van der Waals surface area contributed by atoms with Crippen LogP contribution < -0.4 is 5.32 Å². The molecule has 0 aliphatic carbocycles. The average Bonchev–Trinajstić information content (AvgIpc) is 3.36. The molecule has 2 heterocycles. The molecule has 1 aromatic heterocycles. The number of hydrogen-bond acceptors (Lipinski definition) is 6. The van der Waals surface area contributed by atoms with Crippen molar-refractivity contribution >= 4 is 46.1 Å². The van der Waals surface area contributed by atoms with Crippen molar-refractivity contribution in [1.82, 2.24) is 9.88 Å². The number of esters is 2. The first-order chi connectivity index (χ1) is 15.4. The van der Waals surface area contributed by atoms with E-state index in [0.717, 1.165) is 11.6 Å². The zero-order chi connectivity index (χ0) is 22.8. The lowest BCUT2D eigenvalue weighted by atomic mass is 10.1. The van der Waals surface area contributed by atoms with Crippen molar-refractivity contribution in [2.45, 2.75) is 6.54 Å². The Morgan fingerprint density at radius 1 is 1.16 bits per heavy atom. The number of cyclic esters (lactones) is 1. The van der Waals surface area contributed by atoms with E-state index in [0.29, 0.717) is 28.0 Å². The quantitative estimate of drug-likeness (QED) is 0.350. The first-order valence-electron chi connectivity index (χ1n) is 9.54. The van der Waals surface area contributed by atoms with Crippen molar-refractivity contribution in [3.8, 4) is 0 Å². The van der Waals surface area contributed by atoms with E-state index in [1.54, 1.807) is 35.0 Å². The van der Waals surface area contributed by atoms with E-state index in [9.17, 15) is 19.2 Å². The molecule has 4 rings (SSSR count). The second kappa shape index (κ2) is 8.68. The van der Waals surface area contributed by atoms with Crippen LogP contribution in [-0.4, -0.2) is 41.9 Å². The van der Waals surface area contributed by atoms with Gasteiger partial charge in [0.1, 0.15) is 6.61 Å². The molecule has 32 heavy (non-hydrogen) atoms. The number of methoxy groups -OCH3 is 1. The monoisotopic (exact) mass is 452 g/mol. The molecule has 3 aromatic rings. The van der Waals surface area contributed by atoms with Crippen LogP contribution in [0.3, 0.4) is 0 Å². The minimum atomic E-state index is -0.892. The lowest BCUT2D eigenvalue weighted by Gasteiger charge is -2.07. The molecule has 9 heteroatoms. The van der Waals surface area contributed by atoms with Crippen LogP contribution in [0.2, 0.25) is 5.02 Å². The number of rotatable bonds is 6. The number of carbonyl (C=O) groups is 4. The molecule has 0 atom stereocenters. The summed E-state index contributed by atoms with van der Waals surface area (Å²) < 4.78 is 11.3. The van der Waals surface area contributed by atoms with Crippen molar-refractivity contribution in [1.29, 1.82) is 0 Å². The van der Waals surface area contributed by atoms with E-state index < -0.39 is 23.6 Å². The lowest BCUT2D eigenvalue weighted by Crippen LogP contribution is -2.31. The number of Topliss-reactive ketones (excluding diaryl/α,β-unsaturated/α-hetero) is 1. The molecular weight excluding hydrogens is 436 g/mol. The number of ether oxygens (including phenoxy) is 2. The second-order valence-electron chi connectivity index (χ2n) is 7.08. The summed E-state index contributed by atoms with van der Waals surface area (Å²) in [5.74, 6) is -2.77. The van der Waals surface area contributed by atoms with Gasteiger partial charge in [-0.15, -0.1) is 0 Å². The smallest absolute Gasteiger partial charge is 0.337 e. The summed E-state index contributed by atoms with van der Waals surface area (Å²) in [4.78, 5) is 48.6. The summed E-state index contributed by atoms with van der Waals surface area (Å²) in [5.41, 5.74) is 2.17. The number of ketones is 1. The summed E-state index contributed by atoms with van der Waals surface area (Å²) >= 11 is 5.96. The van der Waals surface area contributed by atoms with Crippen molar-refractivity contribution in [2.24, 2.45) is 0 Å². The van der Waals surface area contributed by atoms with Crippen LogP contribution in [0, 0.1) is 0 Å². The van der Waals surface area contributed by atoms with Gasteiger partial charge >= 0.3 is 11.9 Å². The lowest BCUT2D eigenvalue weighted by molar-refractivity contribution is -0.135. The van der Waals surface area contributed by atoms with Gasteiger partial charge < -0.3 is 19.4 Å². The Morgan fingerprint density at radius 3 is 2.56 bits per heavy atom. The molecule has 1 amide bonds. The molecule has 1 aliphatic heterocycles. The highest BCUT2D eigenvalue weighted by atomic mass is 35.5. The molecule has 1 aliphatic rings. The average molecular weight is 453 g/mol. The fraction of sp³-hybridized carbons (Fsp3) is 0.130. The van der Waals surface area contributed by atoms with Crippen molar-refractivity contribution in [3.05, 3.63) is 82.1 Å². The fourth-order valence-corrected chi connectivity index (χ4v) is 3.53. The molecule has 0 bridgehead atoms. The van der Waals surface area contributed by atoms with E-state index in [1.807, 2.05) is 12.1 Å². The van der Waals surface area contributed by atoms with E-state index in [-0.39, 0.29) is 17.9 Å². The summed E-state index contributed by atoms with van der Waals surface area (Å²) in [7, 11) is 1.28. The number of fused-ring (bicyclic) bond motifs is 1. The van der Waals surface area contributed by atoms with Gasteiger partial charge in [-0.05, 0) is 29.8 Å². The maximum Gasteiger partial charge on any atom is 0.337 e. The minimum absolute atomic E-state index is 0.0985. The molecule has 0 spiro atoms. The van der Waals surface area contributed by atoms with Gasteiger partial charge in [-0.2, -0.15) is 0 Å². The highest BCUT2D eigenvalue weighted by Gasteiger charge is 2.25. The van der Waals surface area contributed by atoms with Crippen LogP contribution in [0.15, 0.2) is 60.4 Å². The van der Waals surface area contributed by atoms with Crippen LogP contribution in [-0.2, 0) is 25.6 Å². The predicted molar refractivity (Wildman–Crippen MR) is 115 cm³/mol. The van der Waals surface area contributed by atoms with Gasteiger partial charge in [0, 0.05) is 34.7 Å². The van der Waals surface area contributed by atoms with Crippen molar-refractivity contribution in [3.63, 3.8) is 0 Å². The number of benzene rings is 2. The maximum atomic E-state index is 12.9. The molecule has 2 aromatic carbocycles. The van der Waals surface area contributed by atoms with Gasteiger partial charge in [0.25, 0.3) is 11.7 Å². The molecule has 162 valence electrons. The predicted octanol–water partition coefficient (Wildman–Crippen LogP) is 2.87. The van der Waals surface area contributed by atoms with Gasteiger partial charge in [0.05, 0.1) is 23.9 Å². The molecule has 1 N–H and O–H groups in total. The maximum absolute atomic E-state index is 12.9. The van der Waals surface area contributed by atoms with Gasteiger partial charge in [-0.1, -0.05) is 29.8 Å². The van der Waals surface area contributed by atoms with E-state index in [4.69, 9.17) is 21.1 Å². The standard InChI is InChI=1S/C23H17ClN2O6/c1-31-23(30)14-4-7-17-18(21(28)22(29)25-16-9-20(27)32-12-16)11-26(19(17)8-14)10-13-2-5-15(24)6-3-13/h2-9,11H,10,12H2,1H3,(H,25,29). The zero-order valence-electron chi connectivity index (χ0n) is 16.9. The summed E-state index contributed by atoms with van der Waals surface area (Å²) in [6.45, 7) is 0.277. The fourth-order valence-electron chi connectivity index (χ4n) is 3.41. The van der Waals surface area contributed by atoms with E-state index in [1.165, 1.54) is 13.2 Å². The molecule has 8 nitrogen and oxygen atoms in total. The van der Waals surface area contributed by atoms with Crippen LogP contribution in [0.25, 0.3) is 10.9 Å². The summed E-state index contributed by atoms with van der Waals surface area (Å²) in [5, 5.41) is 3.50. The van der Waals surface area contributed by atoms with Gasteiger partial charge in [-0.25, -0.2) is 9.59 Å². The number of amides is 1. The molecule has 0 radical (unpaired) electrons. The summed E-state index contributed by atoms with van der Waals surface area (Å²) in [6.07, 6.45) is 2.69. The Bertz CT molecular complexity index is 1290. The topological polar surface area (TPSA) is 104 Å². The molecular formula is C23H17ClN2O6. The Hall–Kier alpha value is -3.91. The Balaban J connectivity index is 1.73. The van der Waals surface area contributed by atoms with Crippen molar-refractivity contribution in [2.75, 3.05) is 13.7 Å². The largest absolute Gasteiger partial charge is 0.465 e. The van der Waals surface area contributed by atoms with Crippen LogP contribution >= 0.6 is 11.6 Å². The third kappa shape index (κ3) is 4.26. The molecule has 0 saturated carbocycles.